The molecule has 0 radical (unpaired) electrons. The number of halogens is 1. The number of ether oxygens (including phenoxy) is 1. The van der Waals surface area contributed by atoms with Crippen LogP contribution in [0.3, 0.4) is 0 Å². The summed E-state index contributed by atoms with van der Waals surface area (Å²) < 4.78 is 5.12. The van der Waals surface area contributed by atoms with Gasteiger partial charge in [0.05, 0.1) is 6.04 Å². The van der Waals surface area contributed by atoms with E-state index in [1.807, 2.05) is 20.8 Å². The molecule has 0 aromatic heterocycles. The van der Waals surface area contributed by atoms with Gasteiger partial charge in [0.2, 0.25) is 0 Å². The van der Waals surface area contributed by atoms with Crippen LogP contribution in [0.4, 0.5) is 4.79 Å². The average molecular weight is 192 g/mol. The first kappa shape index (κ1) is 9.65. The number of nitrogens with zero attached hydrogens (tertiary/aromatic N) is 1. The molecule has 0 bridgehead atoms. The Kier molecular flexibility index (Phi) is 2.52. The maximum atomic E-state index is 11.2. The predicted molar refractivity (Wildman–Crippen MR) is 47.4 cm³/mol. The number of hydrogen-bond donors (Lipinski definition) is 0. The molecule has 70 valence electrons. The molecular weight excluding hydrogens is 178 g/mol. The van der Waals surface area contributed by atoms with Crippen LogP contribution in [0.15, 0.2) is 0 Å². The number of hydrogen-bond acceptors (Lipinski definition) is 2. The lowest BCUT2D eigenvalue weighted by Crippen LogP contribution is -2.28. The van der Waals surface area contributed by atoms with Crippen molar-refractivity contribution in [2.24, 2.45) is 0 Å². The summed E-state index contributed by atoms with van der Waals surface area (Å²) in [5.74, 6) is 0.499. The lowest BCUT2D eigenvalue weighted by molar-refractivity contribution is 0.0410. The highest BCUT2D eigenvalue weighted by Crippen LogP contribution is 2.22. The topological polar surface area (TPSA) is 29.3 Å². The van der Waals surface area contributed by atoms with Crippen molar-refractivity contribution in [3.63, 3.8) is 0 Å². The molecule has 1 fully saturated rings. The van der Waals surface area contributed by atoms with Crippen LogP contribution < -0.4 is 0 Å². The fourth-order valence-electron chi connectivity index (χ4n) is 0.856. The lowest BCUT2D eigenvalue weighted by atomic mass is 10.2. The second-order valence-electron chi connectivity index (χ2n) is 3.94. The monoisotopic (exact) mass is 191 g/mol. The molecule has 0 N–H and O–H groups in total. The summed E-state index contributed by atoms with van der Waals surface area (Å²) >= 11 is 5.56. The molecule has 1 rings (SSSR count). The zero-order valence-electron chi connectivity index (χ0n) is 7.63. The second kappa shape index (κ2) is 3.13. The first-order valence-corrected chi connectivity index (χ1v) is 4.53. The average Bonchev–Trinajstić information content (AvgIpc) is 2.60. The van der Waals surface area contributed by atoms with E-state index in [2.05, 4.69) is 0 Å². The first-order chi connectivity index (χ1) is 5.44. The summed E-state index contributed by atoms with van der Waals surface area (Å²) in [7, 11) is 0. The minimum Gasteiger partial charge on any atom is -0.444 e. The quantitative estimate of drug-likeness (QED) is 0.468. The third-order valence-corrected chi connectivity index (χ3v) is 1.88. The Hall–Kier alpha value is -0.440. The first-order valence-electron chi connectivity index (χ1n) is 3.99. The highest BCUT2D eigenvalue weighted by atomic mass is 35.5. The highest BCUT2D eigenvalue weighted by molar-refractivity contribution is 6.18. The second-order valence-corrected chi connectivity index (χ2v) is 4.25. The maximum Gasteiger partial charge on any atom is 0.410 e. The number of alkyl halides is 1. The Morgan fingerprint density at radius 1 is 1.67 bits per heavy atom. The van der Waals surface area contributed by atoms with Crippen molar-refractivity contribution in [1.82, 2.24) is 4.90 Å². The van der Waals surface area contributed by atoms with E-state index in [0.29, 0.717) is 5.88 Å². The minimum absolute atomic E-state index is 0.196. The van der Waals surface area contributed by atoms with Gasteiger partial charge >= 0.3 is 6.09 Å². The van der Waals surface area contributed by atoms with E-state index in [1.165, 1.54) is 0 Å². The smallest absolute Gasteiger partial charge is 0.410 e. The molecule has 0 saturated carbocycles. The van der Waals surface area contributed by atoms with E-state index in [-0.39, 0.29) is 12.1 Å². The van der Waals surface area contributed by atoms with Gasteiger partial charge in [0.1, 0.15) is 5.60 Å². The molecule has 1 atom stereocenters. The van der Waals surface area contributed by atoms with Gasteiger partial charge in [-0.15, -0.1) is 11.6 Å². The SMILES string of the molecule is CC(C)(C)OC(=O)N1CC1CCl. The molecule has 0 aromatic carbocycles. The predicted octanol–water partition coefficient (Wildman–Crippen LogP) is 1.84. The molecule has 1 amide bonds. The van der Waals surface area contributed by atoms with E-state index in [9.17, 15) is 4.79 Å². The lowest BCUT2D eigenvalue weighted by Gasteiger charge is -2.19. The fourth-order valence-corrected chi connectivity index (χ4v) is 1.12. The molecule has 3 nitrogen and oxygen atoms in total. The number of carbonyl (C=O) groups is 1. The normalized spacial score (nSPS) is 22.3. The van der Waals surface area contributed by atoms with Crippen molar-refractivity contribution in [1.29, 1.82) is 0 Å². The summed E-state index contributed by atoms with van der Waals surface area (Å²) in [6, 6.07) is 0.196. The summed E-state index contributed by atoms with van der Waals surface area (Å²) in [6.07, 6.45) is -0.256. The number of rotatable bonds is 1. The van der Waals surface area contributed by atoms with Crippen LogP contribution in [0.2, 0.25) is 0 Å². The minimum atomic E-state index is -0.406. The van der Waals surface area contributed by atoms with Gasteiger partial charge in [0.25, 0.3) is 0 Å². The van der Waals surface area contributed by atoms with Crippen molar-refractivity contribution in [2.75, 3.05) is 12.4 Å². The maximum absolute atomic E-state index is 11.2. The van der Waals surface area contributed by atoms with Gasteiger partial charge in [0.15, 0.2) is 0 Å². The van der Waals surface area contributed by atoms with E-state index >= 15 is 0 Å². The molecule has 1 heterocycles. The molecule has 1 aliphatic rings. The van der Waals surface area contributed by atoms with Crippen molar-refractivity contribution in [2.45, 2.75) is 32.4 Å². The van der Waals surface area contributed by atoms with E-state index in [0.717, 1.165) is 6.54 Å². The zero-order chi connectivity index (χ0) is 9.35. The summed E-state index contributed by atoms with van der Waals surface area (Å²) in [4.78, 5) is 12.9. The van der Waals surface area contributed by atoms with Crippen LogP contribution in [-0.4, -0.2) is 35.1 Å². The van der Waals surface area contributed by atoms with Gasteiger partial charge < -0.3 is 9.64 Å². The molecule has 0 aromatic rings. The molecular formula is C8H14ClNO2. The van der Waals surface area contributed by atoms with Gasteiger partial charge in [-0.05, 0) is 20.8 Å². The van der Waals surface area contributed by atoms with Crippen LogP contribution in [0.1, 0.15) is 20.8 Å². The Morgan fingerprint density at radius 3 is 2.58 bits per heavy atom. The Balaban J connectivity index is 2.32. The van der Waals surface area contributed by atoms with Crippen LogP contribution in [-0.2, 0) is 4.74 Å². The Labute approximate surface area is 77.6 Å². The molecule has 0 aliphatic carbocycles. The Bertz CT molecular complexity index is 188. The zero-order valence-corrected chi connectivity index (χ0v) is 8.39. The van der Waals surface area contributed by atoms with Crippen molar-refractivity contribution in [3.05, 3.63) is 0 Å². The molecule has 1 aliphatic heterocycles. The third kappa shape index (κ3) is 2.55. The van der Waals surface area contributed by atoms with Crippen LogP contribution in [0.5, 0.6) is 0 Å². The van der Waals surface area contributed by atoms with Gasteiger partial charge in [-0.2, -0.15) is 0 Å². The van der Waals surface area contributed by atoms with Crippen molar-refractivity contribution in [3.8, 4) is 0 Å². The number of carbonyl (C=O) groups excluding carboxylic acids is 1. The highest BCUT2D eigenvalue weighted by Gasteiger charge is 2.40. The molecule has 0 spiro atoms. The van der Waals surface area contributed by atoms with Gasteiger partial charge in [-0.3, -0.25) is 0 Å². The molecule has 1 saturated heterocycles. The summed E-state index contributed by atoms with van der Waals surface area (Å²) in [5, 5.41) is 0. The third-order valence-electron chi connectivity index (χ3n) is 1.52. The van der Waals surface area contributed by atoms with Gasteiger partial charge in [-0.25, -0.2) is 4.79 Å². The molecule has 4 heteroatoms. The van der Waals surface area contributed by atoms with Gasteiger partial charge in [-0.1, -0.05) is 0 Å². The van der Waals surface area contributed by atoms with Crippen molar-refractivity contribution >= 4 is 17.7 Å². The van der Waals surface area contributed by atoms with E-state index in [1.54, 1.807) is 4.90 Å². The fraction of sp³-hybridized carbons (Fsp3) is 0.875. The standard InChI is InChI=1S/C8H14ClNO2/c1-8(2,3)12-7(11)10-5-6(10)4-9/h6H,4-5H2,1-3H3. The summed E-state index contributed by atoms with van der Waals surface area (Å²) in [6.45, 7) is 6.29. The van der Waals surface area contributed by atoms with Gasteiger partial charge in [0, 0.05) is 12.4 Å². The Morgan fingerprint density at radius 2 is 2.25 bits per heavy atom. The van der Waals surface area contributed by atoms with E-state index < -0.39 is 5.60 Å². The van der Waals surface area contributed by atoms with E-state index in [4.69, 9.17) is 16.3 Å². The molecule has 12 heavy (non-hydrogen) atoms. The van der Waals surface area contributed by atoms with Crippen LogP contribution >= 0.6 is 11.6 Å². The summed E-state index contributed by atoms with van der Waals surface area (Å²) in [5.41, 5.74) is -0.406. The number of amides is 1. The van der Waals surface area contributed by atoms with Crippen LogP contribution in [0, 0.1) is 0 Å². The van der Waals surface area contributed by atoms with Crippen molar-refractivity contribution < 1.29 is 9.53 Å². The molecule has 1 unspecified atom stereocenters. The largest absolute Gasteiger partial charge is 0.444 e. The van der Waals surface area contributed by atoms with Crippen LogP contribution in [0.25, 0.3) is 0 Å².